The van der Waals surface area contributed by atoms with Crippen LogP contribution in [0.15, 0.2) is 89.4 Å². The largest absolute Gasteiger partial charge is 0.295 e. The third kappa shape index (κ3) is 3.36. The summed E-state index contributed by atoms with van der Waals surface area (Å²) in [6.45, 7) is 4.42. The first-order chi connectivity index (χ1) is 12.7. The van der Waals surface area contributed by atoms with Gasteiger partial charge < -0.3 is 0 Å². The minimum Gasteiger partial charge on any atom is -0.295 e. The van der Waals surface area contributed by atoms with E-state index < -0.39 is 0 Å². The Balaban J connectivity index is 1.69. The highest BCUT2D eigenvalue weighted by Gasteiger charge is 2.44. The molecule has 3 aromatic carbocycles. The molecule has 1 fully saturated rings. The normalized spacial score (nSPS) is 19.5. The van der Waals surface area contributed by atoms with E-state index in [1.165, 1.54) is 16.7 Å². The quantitative estimate of drug-likeness (QED) is 0.511. The van der Waals surface area contributed by atoms with Gasteiger partial charge in [0.25, 0.3) is 0 Å². The summed E-state index contributed by atoms with van der Waals surface area (Å²) < 4.78 is 1.14. The second-order valence-electron chi connectivity index (χ2n) is 7.40. The van der Waals surface area contributed by atoms with Crippen molar-refractivity contribution in [3.63, 3.8) is 0 Å². The molecule has 1 saturated heterocycles. The topological polar surface area (TPSA) is 3.24 Å². The molecule has 1 atom stereocenters. The van der Waals surface area contributed by atoms with E-state index >= 15 is 0 Å². The van der Waals surface area contributed by atoms with E-state index in [9.17, 15) is 0 Å². The molecule has 1 nitrogen and oxygen atoms in total. The molecule has 0 radical (unpaired) electrons. The van der Waals surface area contributed by atoms with Gasteiger partial charge in [-0.2, -0.15) is 0 Å². The van der Waals surface area contributed by atoms with Gasteiger partial charge in [0, 0.05) is 29.0 Å². The first-order valence-electron chi connectivity index (χ1n) is 9.27. The van der Waals surface area contributed by atoms with Crippen LogP contribution in [-0.4, -0.2) is 17.5 Å². The Hall–Kier alpha value is -1.90. The zero-order chi connectivity index (χ0) is 18.0. The summed E-state index contributed by atoms with van der Waals surface area (Å²) in [5.41, 5.74) is 4.29. The minimum atomic E-state index is 0.0668. The molecular formula is C24H24BrN. The summed E-state index contributed by atoms with van der Waals surface area (Å²) in [7, 11) is 0. The predicted molar refractivity (Wildman–Crippen MR) is 112 cm³/mol. The van der Waals surface area contributed by atoms with Gasteiger partial charge in [0.2, 0.25) is 0 Å². The maximum Gasteiger partial charge on any atom is 0.0344 e. The van der Waals surface area contributed by atoms with Gasteiger partial charge in [-0.25, -0.2) is 0 Å². The van der Waals surface area contributed by atoms with Crippen LogP contribution in [0.25, 0.3) is 0 Å². The molecule has 26 heavy (non-hydrogen) atoms. The van der Waals surface area contributed by atoms with Crippen LogP contribution >= 0.6 is 15.9 Å². The highest BCUT2D eigenvalue weighted by atomic mass is 79.9. The summed E-state index contributed by atoms with van der Waals surface area (Å²) >= 11 is 3.54. The molecule has 0 N–H and O–H groups in total. The molecule has 132 valence electrons. The van der Waals surface area contributed by atoms with Gasteiger partial charge >= 0.3 is 0 Å². The van der Waals surface area contributed by atoms with Crippen LogP contribution in [0.5, 0.6) is 0 Å². The molecule has 0 spiro atoms. The SMILES string of the molecule is CC1CC(c2ccccc2)(c2ccccc2)CN1Cc1ccc(Br)cc1. The van der Waals surface area contributed by atoms with Crippen LogP contribution < -0.4 is 0 Å². The van der Waals surface area contributed by atoms with Crippen molar-refractivity contribution in [1.29, 1.82) is 0 Å². The lowest BCUT2D eigenvalue weighted by Crippen LogP contribution is -2.32. The van der Waals surface area contributed by atoms with Crippen LogP contribution in [0.2, 0.25) is 0 Å². The first kappa shape index (κ1) is 17.5. The van der Waals surface area contributed by atoms with E-state index in [4.69, 9.17) is 0 Å². The molecule has 1 aliphatic rings. The fourth-order valence-electron chi connectivity index (χ4n) is 4.34. The number of hydrogen-bond acceptors (Lipinski definition) is 1. The number of rotatable bonds is 4. The van der Waals surface area contributed by atoms with E-state index in [1.54, 1.807) is 0 Å². The zero-order valence-corrected chi connectivity index (χ0v) is 16.7. The Morgan fingerprint density at radius 1 is 0.846 bits per heavy atom. The van der Waals surface area contributed by atoms with Crippen LogP contribution in [0.1, 0.15) is 30.0 Å². The summed E-state index contributed by atoms with van der Waals surface area (Å²) in [4.78, 5) is 2.63. The van der Waals surface area contributed by atoms with E-state index in [-0.39, 0.29) is 5.41 Å². The Morgan fingerprint density at radius 3 is 1.92 bits per heavy atom. The lowest BCUT2D eigenvalue weighted by atomic mass is 9.73. The third-order valence-corrected chi connectivity index (χ3v) is 6.22. The average Bonchev–Trinajstić information content (AvgIpc) is 3.02. The summed E-state index contributed by atoms with van der Waals surface area (Å²) in [5, 5.41) is 0. The van der Waals surface area contributed by atoms with Crippen molar-refractivity contribution >= 4 is 15.9 Å². The maximum absolute atomic E-state index is 3.54. The lowest BCUT2D eigenvalue weighted by Gasteiger charge is -2.31. The molecule has 0 saturated carbocycles. The van der Waals surface area contributed by atoms with E-state index in [0.29, 0.717) is 6.04 Å². The molecule has 1 unspecified atom stereocenters. The smallest absolute Gasteiger partial charge is 0.0344 e. The molecule has 1 heterocycles. The highest BCUT2D eigenvalue weighted by Crippen LogP contribution is 2.44. The Bertz CT molecular complexity index is 803. The first-order valence-corrected chi connectivity index (χ1v) is 10.1. The fourth-order valence-corrected chi connectivity index (χ4v) is 4.60. The second-order valence-corrected chi connectivity index (χ2v) is 8.31. The van der Waals surface area contributed by atoms with Crippen molar-refractivity contribution in [3.8, 4) is 0 Å². The highest BCUT2D eigenvalue weighted by molar-refractivity contribution is 9.10. The molecule has 0 aliphatic carbocycles. The fraction of sp³-hybridized carbons (Fsp3) is 0.250. The van der Waals surface area contributed by atoms with Crippen molar-refractivity contribution < 1.29 is 0 Å². The minimum absolute atomic E-state index is 0.0668. The second kappa shape index (κ2) is 7.38. The molecule has 0 aromatic heterocycles. The van der Waals surface area contributed by atoms with Crippen LogP contribution in [0, 0.1) is 0 Å². The molecule has 4 rings (SSSR count). The summed E-state index contributed by atoms with van der Waals surface area (Å²) in [5.74, 6) is 0. The average molecular weight is 406 g/mol. The number of hydrogen-bond donors (Lipinski definition) is 0. The summed E-state index contributed by atoms with van der Waals surface area (Å²) in [6.07, 6.45) is 1.15. The van der Waals surface area contributed by atoms with Gasteiger partial charge in [0.15, 0.2) is 0 Å². The monoisotopic (exact) mass is 405 g/mol. The molecule has 0 bridgehead atoms. The Morgan fingerprint density at radius 2 is 1.38 bits per heavy atom. The molecule has 0 amide bonds. The Kier molecular flexibility index (Phi) is 4.97. The number of likely N-dealkylation sites (tertiary alicyclic amines) is 1. The van der Waals surface area contributed by atoms with Crippen LogP contribution in [-0.2, 0) is 12.0 Å². The van der Waals surface area contributed by atoms with Crippen molar-refractivity contribution in [2.45, 2.75) is 31.3 Å². The van der Waals surface area contributed by atoms with Gasteiger partial charge in [-0.15, -0.1) is 0 Å². The van der Waals surface area contributed by atoms with Gasteiger partial charge in [0.05, 0.1) is 0 Å². The zero-order valence-electron chi connectivity index (χ0n) is 15.1. The van der Waals surface area contributed by atoms with Crippen molar-refractivity contribution in [2.75, 3.05) is 6.54 Å². The van der Waals surface area contributed by atoms with Crippen molar-refractivity contribution in [3.05, 3.63) is 106 Å². The predicted octanol–water partition coefficient (Wildman–Crippen LogP) is 6.03. The molecule has 1 aliphatic heterocycles. The van der Waals surface area contributed by atoms with E-state index in [2.05, 4.69) is 113 Å². The number of nitrogens with zero attached hydrogens (tertiary/aromatic N) is 1. The third-order valence-electron chi connectivity index (χ3n) is 5.69. The number of benzene rings is 3. The lowest BCUT2D eigenvalue weighted by molar-refractivity contribution is 0.255. The van der Waals surface area contributed by atoms with Gasteiger partial charge in [-0.3, -0.25) is 4.90 Å². The maximum atomic E-state index is 3.54. The van der Waals surface area contributed by atoms with Crippen molar-refractivity contribution in [1.82, 2.24) is 4.90 Å². The Labute approximate surface area is 164 Å². The standard InChI is InChI=1S/C24H24BrN/c1-19-16-24(21-8-4-2-5-9-21,22-10-6-3-7-11-22)18-26(19)17-20-12-14-23(25)15-13-20/h2-15,19H,16-18H2,1H3. The molecule has 2 heteroatoms. The van der Waals surface area contributed by atoms with Gasteiger partial charge in [-0.1, -0.05) is 88.7 Å². The van der Waals surface area contributed by atoms with Gasteiger partial charge in [-0.05, 0) is 42.2 Å². The van der Waals surface area contributed by atoms with Gasteiger partial charge in [0.1, 0.15) is 0 Å². The summed E-state index contributed by atoms with van der Waals surface area (Å²) in [6, 6.07) is 31.3. The molecular weight excluding hydrogens is 382 g/mol. The van der Waals surface area contributed by atoms with Crippen LogP contribution in [0.3, 0.4) is 0 Å². The molecule has 3 aromatic rings. The van der Waals surface area contributed by atoms with E-state index in [1.807, 2.05) is 0 Å². The van der Waals surface area contributed by atoms with Crippen molar-refractivity contribution in [2.24, 2.45) is 0 Å². The number of halogens is 1. The van der Waals surface area contributed by atoms with Crippen LogP contribution in [0.4, 0.5) is 0 Å². The van der Waals surface area contributed by atoms with E-state index in [0.717, 1.165) is 24.0 Å².